The van der Waals surface area contributed by atoms with Crippen LogP contribution in [0, 0.1) is 6.92 Å². The van der Waals surface area contributed by atoms with Crippen LogP contribution in [-0.2, 0) is 11.2 Å². The van der Waals surface area contributed by atoms with Crippen molar-refractivity contribution in [1.82, 2.24) is 5.32 Å². The molecule has 0 radical (unpaired) electrons. The standard InChI is InChI=1S/C16H18N2OS/c1-3-17-16(14-7-4-10(2)20-14)11-5-6-13-12(8-11)9-15(19)18-13/h4-8,16-17H,3,9H2,1-2H3,(H,18,19). The van der Waals surface area contributed by atoms with Crippen LogP contribution in [-0.4, -0.2) is 12.5 Å². The van der Waals surface area contributed by atoms with Gasteiger partial charge >= 0.3 is 0 Å². The van der Waals surface area contributed by atoms with Gasteiger partial charge in [-0.3, -0.25) is 4.79 Å². The summed E-state index contributed by atoms with van der Waals surface area (Å²) in [5.41, 5.74) is 3.28. The van der Waals surface area contributed by atoms with Gasteiger partial charge in [0.25, 0.3) is 0 Å². The molecule has 104 valence electrons. The third-order valence-corrected chi connectivity index (χ3v) is 4.61. The van der Waals surface area contributed by atoms with Gasteiger partial charge in [-0.25, -0.2) is 0 Å². The van der Waals surface area contributed by atoms with Crippen LogP contribution in [0.4, 0.5) is 5.69 Å². The summed E-state index contributed by atoms with van der Waals surface area (Å²) >= 11 is 1.82. The van der Waals surface area contributed by atoms with E-state index in [1.165, 1.54) is 15.3 Å². The first-order chi connectivity index (χ1) is 9.67. The van der Waals surface area contributed by atoms with E-state index in [4.69, 9.17) is 0 Å². The Bertz CT molecular complexity index is 648. The molecule has 0 bridgehead atoms. The van der Waals surface area contributed by atoms with Gasteiger partial charge in [0.2, 0.25) is 5.91 Å². The lowest BCUT2D eigenvalue weighted by Gasteiger charge is -2.18. The maximum absolute atomic E-state index is 11.5. The highest BCUT2D eigenvalue weighted by Crippen LogP contribution is 2.32. The Morgan fingerprint density at radius 3 is 2.90 bits per heavy atom. The highest BCUT2D eigenvalue weighted by molar-refractivity contribution is 7.12. The molecule has 3 nitrogen and oxygen atoms in total. The van der Waals surface area contributed by atoms with Gasteiger partial charge in [0.05, 0.1) is 12.5 Å². The molecule has 20 heavy (non-hydrogen) atoms. The highest BCUT2D eigenvalue weighted by Gasteiger charge is 2.21. The fourth-order valence-corrected chi connectivity index (χ4v) is 3.61. The second-order valence-electron chi connectivity index (χ2n) is 5.08. The Balaban J connectivity index is 1.96. The molecule has 0 fully saturated rings. The SMILES string of the molecule is CCNC(c1ccc2c(c1)CC(=O)N2)c1ccc(C)s1. The Labute approximate surface area is 123 Å². The average Bonchev–Trinajstić information content (AvgIpc) is 3.00. The zero-order chi connectivity index (χ0) is 14.1. The van der Waals surface area contributed by atoms with Crippen LogP contribution in [0.2, 0.25) is 0 Å². The minimum atomic E-state index is 0.0871. The molecular formula is C16H18N2OS. The molecule has 0 aliphatic carbocycles. The van der Waals surface area contributed by atoms with Gasteiger partial charge in [0.15, 0.2) is 0 Å². The highest BCUT2D eigenvalue weighted by atomic mass is 32.1. The van der Waals surface area contributed by atoms with E-state index in [1.807, 2.05) is 17.4 Å². The van der Waals surface area contributed by atoms with E-state index in [9.17, 15) is 4.79 Å². The van der Waals surface area contributed by atoms with Crippen molar-refractivity contribution < 1.29 is 4.79 Å². The minimum absolute atomic E-state index is 0.0871. The van der Waals surface area contributed by atoms with Gasteiger partial charge < -0.3 is 10.6 Å². The molecule has 1 aromatic heterocycles. The molecule has 1 aliphatic rings. The van der Waals surface area contributed by atoms with Crippen molar-refractivity contribution in [3.05, 3.63) is 51.2 Å². The van der Waals surface area contributed by atoms with Gasteiger partial charge in [-0.15, -0.1) is 11.3 Å². The van der Waals surface area contributed by atoms with E-state index in [-0.39, 0.29) is 11.9 Å². The van der Waals surface area contributed by atoms with Crippen molar-refractivity contribution in [3.8, 4) is 0 Å². The first-order valence-electron chi connectivity index (χ1n) is 6.89. The van der Waals surface area contributed by atoms with Crippen LogP contribution in [0.25, 0.3) is 0 Å². The number of hydrogen-bond acceptors (Lipinski definition) is 3. The normalized spacial score (nSPS) is 15.0. The fraction of sp³-hybridized carbons (Fsp3) is 0.312. The number of nitrogens with one attached hydrogen (secondary N) is 2. The molecule has 0 saturated carbocycles. The predicted molar refractivity (Wildman–Crippen MR) is 83.4 cm³/mol. The maximum Gasteiger partial charge on any atom is 0.228 e. The molecular weight excluding hydrogens is 268 g/mol. The number of rotatable bonds is 4. The summed E-state index contributed by atoms with van der Waals surface area (Å²) in [7, 11) is 0. The first-order valence-corrected chi connectivity index (χ1v) is 7.71. The van der Waals surface area contributed by atoms with Gasteiger partial charge in [-0.1, -0.05) is 19.1 Å². The number of carbonyl (C=O) groups excluding carboxylic acids is 1. The van der Waals surface area contributed by atoms with Crippen molar-refractivity contribution in [2.45, 2.75) is 26.3 Å². The average molecular weight is 286 g/mol. The zero-order valence-corrected chi connectivity index (χ0v) is 12.5. The number of anilines is 1. The zero-order valence-electron chi connectivity index (χ0n) is 11.7. The number of amides is 1. The minimum Gasteiger partial charge on any atom is -0.326 e. The van der Waals surface area contributed by atoms with Crippen molar-refractivity contribution in [2.24, 2.45) is 0 Å². The van der Waals surface area contributed by atoms with E-state index in [0.717, 1.165) is 17.8 Å². The lowest BCUT2D eigenvalue weighted by Crippen LogP contribution is -2.21. The summed E-state index contributed by atoms with van der Waals surface area (Å²) in [6.07, 6.45) is 0.492. The summed E-state index contributed by atoms with van der Waals surface area (Å²) < 4.78 is 0. The molecule has 1 aromatic carbocycles. The molecule has 1 unspecified atom stereocenters. The number of benzene rings is 1. The third kappa shape index (κ3) is 2.49. The number of thiophene rings is 1. The molecule has 0 spiro atoms. The molecule has 1 aliphatic heterocycles. The second kappa shape index (κ2) is 5.38. The maximum atomic E-state index is 11.5. The molecule has 1 amide bonds. The molecule has 3 rings (SSSR count). The third-order valence-electron chi connectivity index (χ3n) is 3.54. The Hall–Kier alpha value is -1.65. The Morgan fingerprint density at radius 2 is 2.20 bits per heavy atom. The molecule has 1 atom stereocenters. The second-order valence-corrected chi connectivity index (χ2v) is 6.40. The number of hydrogen-bond donors (Lipinski definition) is 2. The molecule has 0 saturated heterocycles. The molecule has 2 aromatic rings. The monoisotopic (exact) mass is 286 g/mol. The van der Waals surface area contributed by atoms with Crippen LogP contribution in [0.5, 0.6) is 0 Å². The predicted octanol–water partition coefficient (Wildman–Crippen LogP) is 3.25. The topological polar surface area (TPSA) is 41.1 Å². The molecule has 2 N–H and O–H groups in total. The first kappa shape index (κ1) is 13.3. The molecule has 2 heterocycles. The lowest BCUT2D eigenvalue weighted by atomic mass is 10.0. The van der Waals surface area contributed by atoms with Gasteiger partial charge in [-0.2, -0.15) is 0 Å². The Kier molecular flexibility index (Phi) is 3.59. The number of carbonyl (C=O) groups is 1. The van der Waals surface area contributed by atoms with Crippen LogP contribution in [0.15, 0.2) is 30.3 Å². The van der Waals surface area contributed by atoms with E-state index in [2.05, 4.69) is 48.7 Å². The van der Waals surface area contributed by atoms with E-state index >= 15 is 0 Å². The van der Waals surface area contributed by atoms with E-state index < -0.39 is 0 Å². The summed E-state index contributed by atoms with van der Waals surface area (Å²) in [6.45, 7) is 5.16. The van der Waals surface area contributed by atoms with Gasteiger partial charge in [0, 0.05) is 15.4 Å². The number of aryl methyl sites for hydroxylation is 1. The number of fused-ring (bicyclic) bond motifs is 1. The largest absolute Gasteiger partial charge is 0.326 e. The smallest absolute Gasteiger partial charge is 0.228 e. The van der Waals surface area contributed by atoms with Crippen LogP contribution < -0.4 is 10.6 Å². The van der Waals surface area contributed by atoms with Crippen molar-refractivity contribution in [2.75, 3.05) is 11.9 Å². The summed E-state index contributed by atoms with van der Waals surface area (Å²) in [5, 5.41) is 6.42. The fourth-order valence-electron chi connectivity index (χ4n) is 2.62. The van der Waals surface area contributed by atoms with E-state index in [0.29, 0.717) is 6.42 Å². The summed E-state index contributed by atoms with van der Waals surface area (Å²) in [6, 6.07) is 10.8. The quantitative estimate of drug-likeness (QED) is 0.906. The Morgan fingerprint density at radius 1 is 1.35 bits per heavy atom. The van der Waals surface area contributed by atoms with Crippen LogP contribution in [0.3, 0.4) is 0 Å². The molecule has 4 heteroatoms. The van der Waals surface area contributed by atoms with Crippen LogP contribution >= 0.6 is 11.3 Å². The van der Waals surface area contributed by atoms with Crippen molar-refractivity contribution in [3.63, 3.8) is 0 Å². The van der Waals surface area contributed by atoms with Gasteiger partial charge in [-0.05, 0) is 42.8 Å². The lowest BCUT2D eigenvalue weighted by molar-refractivity contribution is -0.115. The summed E-state index contributed by atoms with van der Waals surface area (Å²) in [4.78, 5) is 14.1. The van der Waals surface area contributed by atoms with Crippen molar-refractivity contribution in [1.29, 1.82) is 0 Å². The van der Waals surface area contributed by atoms with Crippen molar-refractivity contribution >= 4 is 22.9 Å². The van der Waals surface area contributed by atoms with E-state index in [1.54, 1.807) is 0 Å². The van der Waals surface area contributed by atoms with Crippen LogP contribution in [0.1, 0.15) is 33.8 Å². The van der Waals surface area contributed by atoms with Gasteiger partial charge in [0.1, 0.15) is 0 Å². The summed E-state index contributed by atoms with van der Waals surface area (Å²) in [5.74, 6) is 0.0871.